The lowest BCUT2D eigenvalue weighted by Gasteiger charge is -2.19. The Bertz CT molecular complexity index is 863. The first-order valence-electron chi connectivity index (χ1n) is 8.76. The Kier molecular flexibility index (Phi) is 6.18. The molecule has 1 unspecified atom stereocenters. The number of carbonyl (C=O) groups is 1. The van der Waals surface area contributed by atoms with Gasteiger partial charge in [0, 0.05) is 16.4 Å². The van der Waals surface area contributed by atoms with Crippen molar-refractivity contribution in [3.63, 3.8) is 0 Å². The van der Waals surface area contributed by atoms with E-state index in [0.717, 1.165) is 31.4 Å². The molecule has 6 heteroatoms. The van der Waals surface area contributed by atoms with Crippen molar-refractivity contribution in [3.8, 4) is 6.07 Å². The Labute approximate surface area is 163 Å². The van der Waals surface area contributed by atoms with E-state index in [2.05, 4.69) is 11.4 Å². The smallest absolute Gasteiger partial charge is 0.237 e. The van der Waals surface area contributed by atoms with E-state index in [1.54, 1.807) is 24.3 Å². The summed E-state index contributed by atoms with van der Waals surface area (Å²) >= 11 is 7.34. The molecule has 26 heavy (non-hydrogen) atoms. The molecule has 0 fully saturated rings. The number of nitriles is 1. The lowest BCUT2D eigenvalue weighted by atomic mass is 9.95. The van der Waals surface area contributed by atoms with E-state index in [1.807, 2.05) is 13.0 Å². The summed E-state index contributed by atoms with van der Waals surface area (Å²) in [5, 5.41) is 13.3. The third kappa shape index (κ3) is 4.38. The van der Waals surface area contributed by atoms with Crippen LogP contribution < -0.4 is 5.32 Å². The molecule has 0 aliphatic heterocycles. The van der Waals surface area contributed by atoms with Crippen LogP contribution in [0.2, 0.25) is 5.02 Å². The van der Waals surface area contributed by atoms with E-state index < -0.39 is 0 Å². The highest BCUT2D eigenvalue weighted by molar-refractivity contribution is 8.00. The average molecular weight is 386 g/mol. The highest BCUT2D eigenvalue weighted by Crippen LogP contribution is 2.31. The molecule has 1 aromatic carbocycles. The maximum absolute atomic E-state index is 12.7. The molecule has 1 aromatic heterocycles. The normalized spacial score (nSPS) is 14.2. The number of amides is 1. The first-order chi connectivity index (χ1) is 12.6. The van der Waals surface area contributed by atoms with E-state index in [0.29, 0.717) is 27.7 Å². The van der Waals surface area contributed by atoms with Gasteiger partial charge in [-0.25, -0.2) is 4.98 Å². The number of thioether (sulfide) groups is 1. The maximum Gasteiger partial charge on any atom is 0.237 e. The number of benzene rings is 1. The van der Waals surface area contributed by atoms with Gasteiger partial charge in [0.2, 0.25) is 5.91 Å². The summed E-state index contributed by atoms with van der Waals surface area (Å²) in [6.45, 7) is 1.96. The Morgan fingerprint density at radius 3 is 2.92 bits per heavy atom. The van der Waals surface area contributed by atoms with E-state index >= 15 is 0 Å². The molecule has 0 saturated heterocycles. The number of carbonyl (C=O) groups excluding carboxylic acids is 1. The van der Waals surface area contributed by atoms with E-state index in [9.17, 15) is 10.1 Å². The lowest BCUT2D eigenvalue weighted by molar-refractivity contribution is -0.115. The highest BCUT2D eigenvalue weighted by Gasteiger charge is 2.22. The average Bonchev–Trinajstić information content (AvgIpc) is 2.65. The molecule has 0 saturated carbocycles. The predicted octanol–water partition coefficient (Wildman–Crippen LogP) is 4.99. The van der Waals surface area contributed by atoms with Crippen molar-refractivity contribution < 1.29 is 4.79 Å². The third-order valence-electron chi connectivity index (χ3n) is 4.40. The molecular formula is C20H20ClN3OS. The molecule has 0 spiro atoms. The van der Waals surface area contributed by atoms with Gasteiger partial charge < -0.3 is 5.32 Å². The zero-order chi connectivity index (χ0) is 18.5. The highest BCUT2D eigenvalue weighted by atomic mass is 35.5. The third-order valence-corrected chi connectivity index (χ3v) is 6.00. The lowest BCUT2D eigenvalue weighted by Crippen LogP contribution is -2.25. The van der Waals surface area contributed by atoms with Gasteiger partial charge in [-0.15, -0.1) is 0 Å². The van der Waals surface area contributed by atoms with Crippen molar-refractivity contribution in [2.24, 2.45) is 0 Å². The minimum absolute atomic E-state index is 0.108. The molecule has 134 valence electrons. The van der Waals surface area contributed by atoms with Gasteiger partial charge in [0.15, 0.2) is 0 Å². The standard InChI is InChI=1S/C20H20ClN3OS/c1-2-18(19(25)23-16-8-5-7-15(21)11-16)26-20-14(12-22)10-13-6-3-4-9-17(13)24-20/h5,7-8,10-11,18H,2-4,6,9H2,1H3,(H,23,25). The van der Waals surface area contributed by atoms with Crippen LogP contribution in [0.25, 0.3) is 0 Å². The summed E-state index contributed by atoms with van der Waals surface area (Å²) in [6, 6.07) is 11.3. The van der Waals surface area contributed by atoms with Crippen molar-refractivity contribution in [1.82, 2.24) is 4.98 Å². The molecule has 2 aromatic rings. The van der Waals surface area contributed by atoms with Crippen molar-refractivity contribution in [2.75, 3.05) is 5.32 Å². The van der Waals surface area contributed by atoms with Crippen LogP contribution in [0.15, 0.2) is 35.4 Å². The Morgan fingerprint density at radius 1 is 1.38 bits per heavy atom. The second-order valence-electron chi connectivity index (χ2n) is 6.28. The van der Waals surface area contributed by atoms with Crippen LogP contribution in [0.5, 0.6) is 0 Å². The Morgan fingerprint density at radius 2 is 2.19 bits per heavy atom. The molecule has 0 radical (unpaired) electrons. The molecule has 0 bridgehead atoms. The number of aromatic nitrogens is 1. The number of hydrogen-bond acceptors (Lipinski definition) is 4. The molecule has 1 N–H and O–H groups in total. The summed E-state index contributed by atoms with van der Waals surface area (Å²) in [5.74, 6) is -0.108. The van der Waals surface area contributed by atoms with Crippen molar-refractivity contribution in [3.05, 3.63) is 52.2 Å². The summed E-state index contributed by atoms with van der Waals surface area (Å²) in [6.07, 6.45) is 4.84. The zero-order valence-electron chi connectivity index (χ0n) is 14.6. The SMILES string of the molecule is CCC(Sc1nc2c(cc1C#N)CCCC2)C(=O)Nc1cccc(Cl)c1. The molecular weight excluding hydrogens is 366 g/mol. The van der Waals surface area contributed by atoms with Gasteiger partial charge in [0.05, 0.1) is 10.8 Å². The van der Waals surface area contributed by atoms with Crippen LogP contribution in [0.1, 0.15) is 43.0 Å². The fraction of sp³-hybridized carbons (Fsp3) is 0.350. The molecule has 1 amide bonds. The van der Waals surface area contributed by atoms with Crippen LogP contribution in [0, 0.1) is 11.3 Å². The van der Waals surface area contributed by atoms with E-state index in [4.69, 9.17) is 16.6 Å². The molecule has 4 nitrogen and oxygen atoms in total. The van der Waals surface area contributed by atoms with Gasteiger partial charge >= 0.3 is 0 Å². The number of aryl methyl sites for hydroxylation is 2. The van der Waals surface area contributed by atoms with Gasteiger partial charge in [-0.1, -0.05) is 36.4 Å². The monoisotopic (exact) mass is 385 g/mol. The van der Waals surface area contributed by atoms with Gasteiger partial charge in [0.1, 0.15) is 11.1 Å². The van der Waals surface area contributed by atoms with Gasteiger partial charge in [-0.3, -0.25) is 4.79 Å². The zero-order valence-corrected chi connectivity index (χ0v) is 16.2. The van der Waals surface area contributed by atoms with E-state index in [1.165, 1.54) is 17.3 Å². The fourth-order valence-corrected chi connectivity index (χ4v) is 4.22. The Hall–Kier alpha value is -2.03. The van der Waals surface area contributed by atoms with E-state index in [-0.39, 0.29) is 11.2 Å². The van der Waals surface area contributed by atoms with Crippen LogP contribution in [0.3, 0.4) is 0 Å². The number of pyridine rings is 1. The summed E-state index contributed by atoms with van der Waals surface area (Å²) in [5.41, 5.74) is 3.47. The Balaban J connectivity index is 1.79. The number of nitrogens with one attached hydrogen (secondary N) is 1. The van der Waals surface area contributed by atoms with Crippen LogP contribution in [0.4, 0.5) is 5.69 Å². The quantitative estimate of drug-likeness (QED) is 0.736. The molecule has 3 rings (SSSR count). The number of fused-ring (bicyclic) bond motifs is 1. The van der Waals surface area contributed by atoms with Crippen molar-refractivity contribution in [2.45, 2.75) is 49.3 Å². The number of rotatable bonds is 5. The molecule has 1 atom stereocenters. The number of halogens is 1. The number of nitrogens with zero attached hydrogens (tertiary/aromatic N) is 2. The summed E-state index contributed by atoms with van der Waals surface area (Å²) < 4.78 is 0. The predicted molar refractivity (Wildman–Crippen MR) is 106 cm³/mol. The minimum Gasteiger partial charge on any atom is -0.325 e. The van der Waals surface area contributed by atoms with Gasteiger partial charge in [-0.2, -0.15) is 5.26 Å². The first kappa shape index (κ1) is 18.8. The van der Waals surface area contributed by atoms with Gasteiger partial charge in [0.25, 0.3) is 0 Å². The second kappa shape index (κ2) is 8.57. The fourth-order valence-electron chi connectivity index (χ4n) is 3.03. The summed E-state index contributed by atoms with van der Waals surface area (Å²) in [7, 11) is 0. The van der Waals surface area contributed by atoms with Gasteiger partial charge in [-0.05, 0) is 61.9 Å². The molecule has 1 heterocycles. The first-order valence-corrected chi connectivity index (χ1v) is 10.0. The minimum atomic E-state index is -0.324. The topological polar surface area (TPSA) is 65.8 Å². The largest absolute Gasteiger partial charge is 0.325 e. The summed E-state index contributed by atoms with van der Waals surface area (Å²) in [4.78, 5) is 17.4. The number of hydrogen-bond donors (Lipinski definition) is 1. The second-order valence-corrected chi connectivity index (χ2v) is 7.91. The number of anilines is 1. The molecule has 1 aliphatic rings. The molecule has 1 aliphatic carbocycles. The van der Waals surface area contributed by atoms with Crippen molar-refractivity contribution >= 4 is 35.0 Å². The maximum atomic E-state index is 12.7. The van der Waals surface area contributed by atoms with Crippen LogP contribution >= 0.6 is 23.4 Å². The van der Waals surface area contributed by atoms with Crippen molar-refractivity contribution in [1.29, 1.82) is 5.26 Å². The van der Waals surface area contributed by atoms with Crippen LogP contribution in [-0.4, -0.2) is 16.1 Å². The van der Waals surface area contributed by atoms with Crippen LogP contribution in [-0.2, 0) is 17.6 Å².